The van der Waals surface area contributed by atoms with Gasteiger partial charge < -0.3 is 29.4 Å². The van der Waals surface area contributed by atoms with Crippen molar-refractivity contribution in [2.75, 3.05) is 50.2 Å². The zero-order valence-electron chi connectivity index (χ0n) is 17.3. The second-order valence-corrected chi connectivity index (χ2v) is 6.76. The molecule has 31 heavy (non-hydrogen) atoms. The molecule has 1 aromatic carbocycles. The highest BCUT2D eigenvalue weighted by molar-refractivity contribution is 6.02. The van der Waals surface area contributed by atoms with Gasteiger partial charge in [0.15, 0.2) is 0 Å². The van der Waals surface area contributed by atoms with E-state index in [0.29, 0.717) is 24.7 Å². The van der Waals surface area contributed by atoms with Gasteiger partial charge in [0.1, 0.15) is 5.76 Å². The molecule has 2 N–H and O–H groups in total. The number of amides is 2. The monoisotopic (exact) mass is 427 g/mol. The summed E-state index contributed by atoms with van der Waals surface area (Å²) in [6.07, 6.45) is 4.43. The highest BCUT2D eigenvalue weighted by atomic mass is 16.5. The molecular weight excluding hydrogens is 402 g/mol. The summed E-state index contributed by atoms with van der Waals surface area (Å²) in [5.74, 6) is -0.653. The number of rotatable bonds is 8. The highest BCUT2D eigenvalue weighted by Gasteiger charge is 2.18. The van der Waals surface area contributed by atoms with Gasteiger partial charge in [-0.15, -0.1) is 0 Å². The minimum Gasteiger partial charge on any atom is -0.465 e. The van der Waals surface area contributed by atoms with E-state index in [4.69, 9.17) is 13.9 Å². The zero-order valence-corrected chi connectivity index (χ0v) is 17.3. The number of hydrogen-bond donors (Lipinski definition) is 2. The molecule has 1 aromatic heterocycles. The average molecular weight is 427 g/mol. The van der Waals surface area contributed by atoms with Gasteiger partial charge in [-0.05, 0) is 36.4 Å². The minimum absolute atomic E-state index is 0.0478. The molecular formula is C22H25N3O6. The van der Waals surface area contributed by atoms with Crippen LogP contribution in [0.15, 0.2) is 47.1 Å². The van der Waals surface area contributed by atoms with Gasteiger partial charge in [-0.1, -0.05) is 0 Å². The number of benzene rings is 1. The number of nitrogens with one attached hydrogen (secondary N) is 2. The normalized spacial score (nSPS) is 13.8. The molecule has 1 fully saturated rings. The van der Waals surface area contributed by atoms with Crippen LogP contribution in [-0.4, -0.2) is 57.7 Å². The molecule has 9 nitrogen and oxygen atoms in total. The van der Waals surface area contributed by atoms with Crippen LogP contribution >= 0.6 is 0 Å². The van der Waals surface area contributed by atoms with Crippen LogP contribution in [0.3, 0.4) is 0 Å². The van der Waals surface area contributed by atoms with Gasteiger partial charge in [-0.2, -0.15) is 0 Å². The molecule has 0 aliphatic carbocycles. The van der Waals surface area contributed by atoms with E-state index in [0.717, 1.165) is 18.8 Å². The lowest BCUT2D eigenvalue weighted by atomic mass is 10.1. The summed E-state index contributed by atoms with van der Waals surface area (Å²) < 4.78 is 15.3. The standard InChI is InChI=1S/C22H25N3O6/c1-29-22(28)18-15-16(25-10-13-30-14-11-25)4-6-19(18)24-21(27)8-9-23-20(26)7-5-17-3-2-12-31-17/h2-7,12,15H,8-11,13-14H2,1H3,(H,23,26)(H,24,27)/b7-5+. The molecule has 0 atom stereocenters. The molecule has 9 heteroatoms. The molecule has 164 valence electrons. The number of ether oxygens (including phenoxy) is 2. The minimum atomic E-state index is -0.540. The van der Waals surface area contributed by atoms with Gasteiger partial charge in [0.2, 0.25) is 11.8 Å². The number of furan rings is 1. The van der Waals surface area contributed by atoms with Crippen molar-refractivity contribution in [3.05, 3.63) is 54.0 Å². The first-order chi connectivity index (χ1) is 15.1. The van der Waals surface area contributed by atoms with Crippen molar-refractivity contribution in [3.63, 3.8) is 0 Å². The molecule has 0 bridgehead atoms. The Morgan fingerprint density at radius 2 is 2.00 bits per heavy atom. The average Bonchev–Trinajstić information content (AvgIpc) is 3.32. The Morgan fingerprint density at radius 1 is 1.19 bits per heavy atom. The van der Waals surface area contributed by atoms with Gasteiger partial charge in [-0.3, -0.25) is 9.59 Å². The number of carbonyl (C=O) groups excluding carboxylic acids is 3. The summed E-state index contributed by atoms with van der Waals surface area (Å²) in [5, 5.41) is 5.34. The SMILES string of the molecule is COC(=O)c1cc(N2CCOCC2)ccc1NC(=O)CCNC(=O)/C=C/c1ccco1. The van der Waals surface area contributed by atoms with Crippen molar-refractivity contribution in [3.8, 4) is 0 Å². The van der Waals surface area contributed by atoms with Gasteiger partial charge in [0, 0.05) is 37.8 Å². The van der Waals surface area contributed by atoms with Gasteiger partial charge in [-0.25, -0.2) is 4.79 Å². The van der Waals surface area contributed by atoms with Crippen molar-refractivity contribution >= 4 is 35.2 Å². The van der Waals surface area contributed by atoms with Crippen molar-refractivity contribution < 1.29 is 28.3 Å². The van der Waals surface area contributed by atoms with Crippen molar-refractivity contribution in [2.24, 2.45) is 0 Å². The fourth-order valence-electron chi connectivity index (χ4n) is 3.05. The van der Waals surface area contributed by atoms with Gasteiger partial charge >= 0.3 is 5.97 Å². The van der Waals surface area contributed by atoms with Crippen LogP contribution in [0.2, 0.25) is 0 Å². The molecule has 0 unspecified atom stereocenters. The number of anilines is 2. The molecule has 2 amide bonds. The number of esters is 1. The first-order valence-corrected chi connectivity index (χ1v) is 9.91. The van der Waals surface area contributed by atoms with E-state index in [9.17, 15) is 14.4 Å². The van der Waals surface area contributed by atoms with Gasteiger partial charge in [0.25, 0.3) is 0 Å². The van der Waals surface area contributed by atoms with E-state index in [2.05, 4.69) is 15.5 Å². The lowest BCUT2D eigenvalue weighted by Crippen LogP contribution is -2.36. The maximum atomic E-state index is 12.3. The molecule has 2 aromatic rings. The number of carbonyl (C=O) groups is 3. The smallest absolute Gasteiger partial charge is 0.340 e. The summed E-state index contributed by atoms with van der Waals surface area (Å²) in [6, 6.07) is 8.67. The lowest BCUT2D eigenvalue weighted by Gasteiger charge is -2.29. The third kappa shape index (κ3) is 6.45. The van der Waals surface area contributed by atoms with E-state index in [1.165, 1.54) is 25.5 Å². The third-order valence-electron chi connectivity index (χ3n) is 4.65. The van der Waals surface area contributed by atoms with Crippen LogP contribution in [0.5, 0.6) is 0 Å². The third-order valence-corrected chi connectivity index (χ3v) is 4.65. The van der Waals surface area contributed by atoms with E-state index < -0.39 is 5.97 Å². The topological polar surface area (TPSA) is 110 Å². The first kappa shape index (κ1) is 22.1. The largest absolute Gasteiger partial charge is 0.465 e. The Morgan fingerprint density at radius 3 is 2.71 bits per heavy atom. The highest BCUT2D eigenvalue weighted by Crippen LogP contribution is 2.25. The van der Waals surface area contributed by atoms with Crippen molar-refractivity contribution in [1.29, 1.82) is 0 Å². The lowest BCUT2D eigenvalue weighted by molar-refractivity contribution is -0.117. The van der Waals surface area contributed by atoms with Crippen LogP contribution in [0.25, 0.3) is 6.08 Å². The van der Waals surface area contributed by atoms with E-state index in [1.54, 1.807) is 24.3 Å². The Bertz CT molecular complexity index is 933. The van der Waals surface area contributed by atoms with Crippen LogP contribution in [-0.2, 0) is 19.1 Å². The second-order valence-electron chi connectivity index (χ2n) is 6.76. The van der Waals surface area contributed by atoms with Crippen LogP contribution in [0.1, 0.15) is 22.5 Å². The van der Waals surface area contributed by atoms with Crippen LogP contribution in [0, 0.1) is 0 Å². The molecule has 2 heterocycles. The number of methoxy groups -OCH3 is 1. The summed E-state index contributed by atoms with van der Waals surface area (Å²) in [4.78, 5) is 38.5. The summed E-state index contributed by atoms with van der Waals surface area (Å²) in [7, 11) is 1.29. The Labute approximate surface area is 180 Å². The molecule has 3 rings (SSSR count). The predicted molar refractivity (Wildman–Crippen MR) is 115 cm³/mol. The molecule has 1 saturated heterocycles. The second kappa shape index (κ2) is 11.0. The molecule has 1 aliphatic rings. The first-order valence-electron chi connectivity index (χ1n) is 9.91. The fourth-order valence-corrected chi connectivity index (χ4v) is 3.05. The van der Waals surface area contributed by atoms with Gasteiger partial charge in [0.05, 0.1) is 37.8 Å². The van der Waals surface area contributed by atoms with Crippen LogP contribution in [0.4, 0.5) is 11.4 Å². The van der Waals surface area contributed by atoms with Crippen molar-refractivity contribution in [2.45, 2.75) is 6.42 Å². The Balaban J connectivity index is 1.55. The molecule has 0 spiro atoms. The Hall–Kier alpha value is -3.59. The zero-order chi connectivity index (χ0) is 22.1. The summed E-state index contributed by atoms with van der Waals surface area (Å²) in [6.45, 7) is 2.83. The molecule has 0 radical (unpaired) electrons. The van der Waals surface area contributed by atoms with E-state index in [-0.39, 0.29) is 30.3 Å². The van der Waals surface area contributed by atoms with E-state index in [1.807, 2.05) is 6.07 Å². The molecule has 0 saturated carbocycles. The van der Waals surface area contributed by atoms with Crippen LogP contribution < -0.4 is 15.5 Å². The maximum absolute atomic E-state index is 12.3. The van der Waals surface area contributed by atoms with E-state index >= 15 is 0 Å². The summed E-state index contributed by atoms with van der Waals surface area (Å²) in [5.41, 5.74) is 1.49. The van der Waals surface area contributed by atoms with Crippen molar-refractivity contribution in [1.82, 2.24) is 5.32 Å². The molecule has 1 aliphatic heterocycles. The predicted octanol–water partition coefficient (Wildman–Crippen LogP) is 2.06. The Kier molecular flexibility index (Phi) is 7.83. The number of morpholine rings is 1. The number of hydrogen-bond acceptors (Lipinski definition) is 7. The summed E-state index contributed by atoms with van der Waals surface area (Å²) >= 11 is 0. The number of nitrogens with zero attached hydrogens (tertiary/aromatic N) is 1. The quantitative estimate of drug-likeness (QED) is 0.490. The fraction of sp³-hybridized carbons (Fsp3) is 0.318. The maximum Gasteiger partial charge on any atom is 0.340 e.